The highest BCUT2D eigenvalue weighted by Crippen LogP contribution is 2.21. The van der Waals surface area contributed by atoms with Gasteiger partial charge < -0.3 is 4.42 Å². The minimum atomic E-state index is 0.765. The average Bonchev–Trinajstić information content (AvgIpc) is 2.93. The maximum atomic E-state index is 5.88. The number of para-hydroxylation sites is 1. The standard InChI is InChI=1S/C19H18ClNO/c1-21(12-4-5-15-8-10-17(20)11-9-15)13-16-14-22-19-7-3-2-6-18(16)19/h2-11,14H,12-13H2,1H3/b5-4+. The van der Waals surface area contributed by atoms with E-state index in [1.807, 2.05) is 48.7 Å². The van der Waals surface area contributed by atoms with Gasteiger partial charge in [0.1, 0.15) is 5.58 Å². The first kappa shape index (κ1) is 14.9. The lowest BCUT2D eigenvalue weighted by atomic mass is 10.1. The number of hydrogen-bond donors (Lipinski definition) is 0. The van der Waals surface area contributed by atoms with E-state index in [2.05, 4.69) is 30.2 Å². The second-order valence-corrected chi connectivity index (χ2v) is 5.84. The number of nitrogens with zero attached hydrogens (tertiary/aromatic N) is 1. The van der Waals surface area contributed by atoms with Gasteiger partial charge in [0, 0.05) is 29.1 Å². The van der Waals surface area contributed by atoms with Crippen LogP contribution in [0.3, 0.4) is 0 Å². The Morgan fingerprint density at radius 3 is 2.68 bits per heavy atom. The summed E-state index contributed by atoms with van der Waals surface area (Å²) in [6, 6.07) is 16.0. The van der Waals surface area contributed by atoms with E-state index >= 15 is 0 Å². The molecule has 0 unspecified atom stereocenters. The zero-order valence-corrected chi connectivity index (χ0v) is 13.3. The summed E-state index contributed by atoms with van der Waals surface area (Å²) < 4.78 is 5.58. The number of rotatable bonds is 5. The van der Waals surface area contributed by atoms with E-state index in [4.69, 9.17) is 16.0 Å². The Morgan fingerprint density at radius 1 is 1.09 bits per heavy atom. The predicted molar refractivity (Wildman–Crippen MR) is 93.0 cm³/mol. The molecule has 0 aliphatic heterocycles. The zero-order chi connectivity index (χ0) is 15.4. The number of furan rings is 1. The SMILES string of the molecule is CN(C/C=C/c1ccc(Cl)cc1)Cc1coc2ccccc12. The first-order valence-electron chi connectivity index (χ1n) is 7.28. The summed E-state index contributed by atoms with van der Waals surface area (Å²) in [6.45, 7) is 1.74. The van der Waals surface area contributed by atoms with Crippen molar-refractivity contribution in [2.75, 3.05) is 13.6 Å². The molecule has 112 valence electrons. The van der Waals surface area contributed by atoms with Crippen LogP contribution in [0.5, 0.6) is 0 Å². The van der Waals surface area contributed by atoms with Crippen molar-refractivity contribution in [3.05, 3.63) is 77.0 Å². The molecule has 0 atom stereocenters. The average molecular weight is 312 g/mol. The molecule has 22 heavy (non-hydrogen) atoms. The summed E-state index contributed by atoms with van der Waals surface area (Å²) in [4.78, 5) is 2.25. The largest absolute Gasteiger partial charge is 0.464 e. The minimum absolute atomic E-state index is 0.765. The Hall–Kier alpha value is -2.03. The lowest BCUT2D eigenvalue weighted by Crippen LogP contribution is -2.17. The summed E-state index contributed by atoms with van der Waals surface area (Å²) in [5, 5.41) is 1.96. The van der Waals surface area contributed by atoms with Gasteiger partial charge in [0.2, 0.25) is 0 Å². The van der Waals surface area contributed by atoms with Crippen molar-refractivity contribution in [1.29, 1.82) is 0 Å². The molecule has 0 aliphatic carbocycles. The molecule has 2 aromatic carbocycles. The van der Waals surface area contributed by atoms with Gasteiger partial charge in [-0.1, -0.05) is 54.1 Å². The molecule has 0 amide bonds. The molecule has 1 heterocycles. The van der Waals surface area contributed by atoms with Crippen molar-refractivity contribution in [1.82, 2.24) is 4.90 Å². The molecule has 0 aliphatic rings. The minimum Gasteiger partial charge on any atom is -0.464 e. The van der Waals surface area contributed by atoms with Crippen molar-refractivity contribution in [2.45, 2.75) is 6.54 Å². The zero-order valence-electron chi connectivity index (χ0n) is 12.5. The van der Waals surface area contributed by atoms with E-state index < -0.39 is 0 Å². The van der Waals surface area contributed by atoms with Crippen LogP contribution in [0.1, 0.15) is 11.1 Å². The Kier molecular flexibility index (Phi) is 4.62. The van der Waals surface area contributed by atoms with Gasteiger partial charge in [0.15, 0.2) is 0 Å². The summed E-state index contributed by atoms with van der Waals surface area (Å²) in [7, 11) is 2.11. The van der Waals surface area contributed by atoms with Gasteiger partial charge in [-0.15, -0.1) is 0 Å². The van der Waals surface area contributed by atoms with Crippen molar-refractivity contribution in [3.63, 3.8) is 0 Å². The fourth-order valence-electron chi connectivity index (χ4n) is 2.45. The highest BCUT2D eigenvalue weighted by molar-refractivity contribution is 6.30. The number of halogens is 1. The van der Waals surface area contributed by atoms with Gasteiger partial charge in [0.25, 0.3) is 0 Å². The van der Waals surface area contributed by atoms with E-state index in [9.17, 15) is 0 Å². The van der Waals surface area contributed by atoms with Crippen LogP contribution < -0.4 is 0 Å². The Labute approximate surface area is 135 Å². The fraction of sp³-hybridized carbons (Fsp3) is 0.158. The number of fused-ring (bicyclic) bond motifs is 1. The van der Waals surface area contributed by atoms with Gasteiger partial charge in [-0.2, -0.15) is 0 Å². The number of likely N-dealkylation sites (N-methyl/N-ethyl adjacent to an activating group) is 1. The van der Waals surface area contributed by atoms with Crippen molar-refractivity contribution < 1.29 is 4.42 Å². The summed E-state index contributed by atoms with van der Waals surface area (Å²) in [5.74, 6) is 0. The molecule has 0 spiro atoms. The van der Waals surface area contributed by atoms with Crippen LogP contribution in [0, 0.1) is 0 Å². The van der Waals surface area contributed by atoms with Crippen LogP contribution in [-0.2, 0) is 6.54 Å². The lowest BCUT2D eigenvalue weighted by Gasteiger charge is -2.13. The molecule has 0 saturated heterocycles. The van der Waals surface area contributed by atoms with Gasteiger partial charge in [0.05, 0.1) is 6.26 Å². The summed E-state index contributed by atoms with van der Waals surface area (Å²) >= 11 is 5.88. The number of hydrogen-bond acceptors (Lipinski definition) is 2. The monoisotopic (exact) mass is 311 g/mol. The normalized spacial score (nSPS) is 11.8. The van der Waals surface area contributed by atoms with Crippen LogP contribution in [0.25, 0.3) is 17.0 Å². The first-order chi connectivity index (χ1) is 10.7. The molecule has 1 aromatic heterocycles. The van der Waals surface area contributed by atoms with Gasteiger partial charge in [-0.3, -0.25) is 4.90 Å². The molecule has 0 saturated carbocycles. The third kappa shape index (κ3) is 3.59. The number of benzene rings is 2. The highest BCUT2D eigenvalue weighted by Gasteiger charge is 2.06. The highest BCUT2D eigenvalue weighted by atomic mass is 35.5. The molecule has 2 nitrogen and oxygen atoms in total. The molecule has 0 bridgehead atoms. The van der Waals surface area contributed by atoms with Crippen LogP contribution in [0.2, 0.25) is 5.02 Å². The molecule has 3 aromatic rings. The second kappa shape index (κ2) is 6.82. The molecule has 0 fully saturated rings. The van der Waals surface area contributed by atoms with Crippen molar-refractivity contribution in [2.24, 2.45) is 0 Å². The van der Waals surface area contributed by atoms with E-state index in [-0.39, 0.29) is 0 Å². The van der Waals surface area contributed by atoms with E-state index in [1.165, 1.54) is 10.9 Å². The van der Waals surface area contributed by atoms with Gasteiger partial charge in [-0.25, -0.2) is 0 Å². The summed E-state index contributed by atoms with van der Waals surface area (Å²) in [5.41, 5.74) is 3.33. The third-order valence-electron chi connectivity index (χ3n) is 3.60. The fourth-order valence-corrected chi connectivity index (χ4v) is 2.58. The Bertz CT molecular complexity index is 773. The Morgan fingerprint density at radius 2 is 1.86 bits per heavy atom. The van der Waals surface area contributed by atoms with Crippen molar-refractivity contribution in [3.8, 4) is 0 Å². The van der Waals surface area contributed by atoms with E-state index in [1.54, 1.807) is 0 Å². The van der Waals surface area contributed by atoms with Crippen LogP contribution in [-0.4, -0.2) is 18.5 Å². The Balaban J connectivity index is 1.60. The quantitative estimate of drug-likeness (QED) is 0.641. The smallest absolute Gasteiger partial charge is 0.134 e. The molecule has 0 N–H and O–H groups in total. The molecule has 3 heteroatoms. The van der Waals surface area contributed by atoms with Crippen LogP contribution >= 0.6 is 11.6 Å². The topological polar surface area (TPSA) is 16.4 Å². The van der Waals surface area contributed by atoms with E-state index in [0.29, 0.717) is 0 Å². The first-order valence-corrected chi connectivity index (χ1v) is 7.66. The second-order valence-electron chi connectivity index (χ2n) is 5.41. The van der Waals surface area contributed by atoms with Gasteiger partial charge in [-0.05, 0) is 30.8 Å². The molecule has 3 rings (SSSR count). The third-order valence-corrected chi connectivity index (χ3v) is 3.85. The van der Waals surface area contributed by atoms with Crippen molar-refractivity contribution >= 4 is 28.6 Å². The molecular formula is C19H18ClNO. The van der Waals surface area contributed by atoms with Gasteiger partial charge >= 0.3 is 0 Å². The maximum Gasteiger partial charge on any atom is 0.134 e. The maximum absolute atomic E-state index is 5.88. The van der Waals surface area contributed by atoms with E-state index in [0.717, 1.165) is 29.3 Å². The van der Waals surface area contributed by atoms with Crippen LogP contribution in [0.15, 0.2) is 65.3 Å². The van der Waals surface area contributed by atoms with Crippen LogP contribution in [0.4, 0.5) is 0 Å². The predicted octanol–water partition coefficient (Wildman–Crippen LogP) is 5.23. The summed E-state index contributed by atoms with van der Waals surface area (Å²) in [6.07, 6.45) is 6.12. The lowest BCUT2D eigenvalue weighted by molar-refractivity contribution is 0.363. The molecular weight excluding hydrogens is 294 g/mol. The molecule has 0 radical (unpaired) electrons.